The molecule has 4 nitrogen and oxygen atoms in total. The van der Waals surface area contributed by atoms with E-state index in [1.807, 2.05) is 11.8 Å². The van der Waals surface area contributed by atoms with E-state index in [1.54, 1.807) is 0 Å². The molecule has 1 saturated heterocycles. The molecule has 18 heavy (non-hydrogen) atoms. The van der Waals surface area contributed by atoms with Crippen LogP contribution in [0.25, 0.3) is 0 Å². The monoisotopic (exact) mass is 292 g/mol. The molecule has 0 radical (unpaired) electrons. The van der Waals surface area contributed by atoms with Gasteiger partial charge in [-0.1, -0.05) is 6.42 Å². The fourth-order valence-corrected chi connectivity index (χ4v) is 5.26. The number of hydrogen-bond acceptors (Lipinski definition) is 4. The summed E-state index contributed by atoms with van der Waals surface area (Å²) in [5.74, 6) is 0.634. The molecule has 0 bridgehead atoms. The molecule has 0 aromatic heterocycles. The van der Waals surface area contributed by atoms with E-state index in [0.29, 0.717) is 18.2 Å². The van der Waals surface area contributed by atoms with Crippen molar-refractivity contribution < 1.29 is 8.42 Å². The molecule has 1 aliphatic heterocycles. The van der Waals surface area contributed by atoms with Crippen molar-refractivity contribution in [1.82, 2.24) is 10.0 Å². The van der Waals surface area contributed by atoms with E-state index < -0.39 is 10.0 Å². The molecule has 0 amide bonds. The summed E-state index contributed by atoms with van der Waals surface area (Å²) in [6, 6.07) is 0. The number of nitrogens with one attached hydrogen (secondary N) is 2. The number of hydrogen-bond donors (Lipinski definition) is 2. The van der Waals surface area contributed by atoms with E-state index >= 15 is 0 Å². The Bertz CT molecular complexity index is 355. The molecule has 0 spiro atoms. The van der Waals surface area contributed by atoms with E-state index in [4.69, 9.17) is 0 Å². The normalized spacial score (nSPS) is 24.7. The summed E-state index contributed by atoms with van der Waals surface area (Å²) in [5.41, 5.74) is 0. The third-order valence-electron chi connectivity index (χ3n) is 4.23. The maximum Gasteiger partial charge on any atom is 0.211 e. The van der Waals surface area contributed by atoms with Crippen LogP contribution in [0.15, 0.2) is 0 Å². The molecule has 6 heteroatoms. The molecule has 2 fully saturated rings. The minimum Gasteiger partial charge on any atom is -0.317 e. The number of sulfonamides is 1. The Morgan fingerprint density at radius 3 is 2.50 bits per heavy atom. The van der Waals surface area contributed by atoms with Crippen molar-refractivity contribution in [2.24, 2.45) is 5.92 Å². The zero-order chi connectivity index (χ0) is 13.1. The molecule has 1 saturated carbocycles. The van der Waals surface area contributed by atoms with Crippen LogP contribution in [0.3, 0.4) is 0 Å². The predicted octanol–water partition coefficient (Wildman–Crippen LogP) is 1.19. The lowest BCUT2D eigenvalue weighted by atomic mass is 9.84. The fourth-order valence-electron chi connectivity index (χ4n) is 2.68. The summed E-state index contributed by atoms with van der Waals surface area (Å²) in [5, 5.41) is 3.27. The average Bonchev–Trinajstić information content (AvgIpc) is 2.29. The highest BCUT2D eigenvalue weighted by Crippen LogP contribution is 2.42. The standard InChI is InChI=1S/C12H24N2O2S2/c1-17-12(5-2-6-12)10-14-18(15,16)9-11-3-7-13-8-4-11/h11,13-14H,2-10H2,1H3. The van der Waals surface area contributed by atoms with Crippen molar-refractivity contribution in [3.63, 3.8) is 0 Å². The first-order chi connectivity index (χ1) is 8.55. The lowest BCUT2D eigenvalue weighted by Gasteiger charge is -2.40. The van der Waals surface area contributed by atoms with Gasteiger partial charge in [-0.2, -0.15) is 11.8 Å². The smallest absolute Gasteiger partial charge is 0.211 e. The van der Waals surface area contributed by atoms with Gasteiger partial charge in [0.05, 0.1) is 5.75 Å². The number of piperidine rings is 1. The number of rotatable bonds is 6. The van der Waals surface area contributed by atoms with Gasteiger partial charge in [0, 0.05) is 11.3 Å². The number of thioether (sulfide) groups is 1. The van der Waals surface area contributed by atoms with Crippen LogP contribution in [0.4, 0.5) is 0 Å². The van der Waals surface area contributed by atoms with Crippen molar-refractivity contribution in [2.75, 3.05) is 31.6 Å². The second-order valence-electron chi connectivity index (χ2n) is 5.54. The van der Waals surface area contributed by atoms with E-state index in [-0.39, 0.29) is 4.75 Å². The summed E-state index contributed by atoms with van der Waals surface area (Å²) in [6.45, 7) is 2.52. The third-order valence-corrected chi connectivity index (χ3v) is 7.14. The third kappa shape index (κ3) is 3.85. The van der Waals surface area contributed by atoms with Crippen LogP contribution >= 0.6 is 11.8 Å². The Balaban J connectivity index is 1.79. The second-order valence-corrected chi connectivity index (χ2v) is 8.66. The SMILES string of the molecule is CSC1(CNS(=O)(=O)CC2CCNCC2)CCC1. The summed E-state index contributed by atoms with van der Waals surface area (Å²) in [7, 11) is -3.09. The van der Waals surface area contributed by atoms with Gasteiger partial charge in [0.15, 0.2) is 0 Å². The highest BCUT2D eigenvalue weighted by Gasteiger charge is 2.37. The van der Waals surface area contributed by atoms with Gasteiger partial charge in [-0.05, 0) is 50.9 Å². The van der Waals surface area contributed by atoms with Gasteiger partial charge in [-0.25, -0.2) is 13.1 Å². The second kappa shape index (κ2) is 6.11. The first kappa shape index (κ1) is 14.6. The predicted molar refractivity (Wildman–Crippen MR) is 77.5 cm³/mol. The van der Waals surface area contributed by atoms with Crippen LogP contribution in [0.5, 0.6) is 0 Å². The fraction of sp³-hybridized carbons (Fsp3) is 1.00. The lowest BCUT2D eigenvalue weighted by molar-refractivity contribution is 0.359. The summed E-state index contributed by atoms with van der Waals surface area (Å²) < 4.78 is 27.1. The van der Waals surface area contributed by atoms with E-state index in [1.165, 1.54) is 6.42 Å². The van der Waals surface area contributed by atoms with Gasteiger partial charge in [0.25, 0.3) is 0 Å². The van der Waals surface area contributed by atoms with Crippen molar-refractivity contribution in [2.45, 2.75) is 36.9 Å². The first-order valence-corrected chi connectivity index (χ1v) is 9.66. The van der Waals surface area contributed by atoms with Crippen molar-refractivity contribution in [1.29, 1.82) is 0 Å². The Kier molecular flexibility index (Phi) is 4.97. The van der Waals surface area contributed by atoms with Crippen LogP contribution in [0.2, 0.25) is 0 Å². The lowest BCUT2D eigenvalue weighted by Crippen LogP contribution is -2.46. The van der Waals surface area contributed by atoms with E-state index in [0.717, 1.165) is 38.8 Å². The highest BCUT2D eigenvalue weighted by molar-refractivity contribution is 8.00. The Morgan fingerprint density at radius 2 is 2.00 bits per heavy atom. The average molecular weight is 292 g/mol. The molecule has 2 N–H and O–H groups in total. The van der Waals surface area contributed by atoms with E-state index in [9.17, 15) is 8.42 Å². The van der Waals surface area contributed by atoms with Crippen molar-refractivity contribution in [3.8, 4) is 0 Å². The van der Waals surface area contributed by atoms with Gasteiger partial charge >= 0.3 is 0 Å². The van der Waals surface area contributed by atoms with Crippen molar-refractivity contribution >= 4 is 21.8 Å². The topological polar surface area (TPSA) is 58.2 Å². The quantitative estimate of drug-likeness (QED) is 0.772. The molecule has 1 heterocycles. The molecule has 1 aliphatic carbocycles. The van der Waals surface area contributed by atoms with Crippen LogP contribution in [-0.4, -0.2) is 44.8 Å². The summed E-state index contributed by atoms with van der Waals surface area (Å²) in [6.07, 6.45) is 7.56. The van der Waals surface area contributed by atoms with Gasteiger partial charge < -0.3 is 5.32 Å². The molecule has 0 aromatic carbocycles. The minimum absolute atomic E-state index is 0.182. The molecule has 0 aromatic rings. The molecule has 0 atom stereocenters. The minimum atomic E-state index is -3.09. The van der Waals surface area contributed by atoms with Crippen LogP contribution in [0, 0.1) is 5.92 Å². The molecule has 2 rings (SSSR count). The largest absolute Gasteiger partial charge is 0.317 e. The van der Waals surface area contributed by atoms with Crippen LogP contribution in [0.1, 0.15) is 32.1 Å². The van der Waals surface area contributed by atoms with Crippen LogP contribution < -0.4 is 10.0 Å². The Hall–Kier alpha value is 0.220. The van der Waals surface area contributed by atoms with E-state index in [2.05, 4.69) is 16.3 Å². The zero-order valence-electron chi connectivity index (χ0n) is 11.1. The van der Waals surface area contributed by atoms with Gasteiger partial charge in [-0.3, -0.25) is 0 Å². The van der Waals surface area contributed by atoms with Gasteiger partial charge in [0.2, 0.25) is 10.0 Å². The molecular formula is C12H24N2O2S2. The maximum absolute atomic E-state index is 12.1. The van der Waals surface area contributed by atoms with Gasteiger partial charge in [-0.15, -0.1) is 0 Å². The Labute approximate surface area is 115 Å². The highest BCUT2D eigenvalue weighted by atomic mass is 32.2. The molecule has 0 unspecified atom stereocenters. The van der Waals surface area contributed by atoms with Crippen molar-refractivity contribution in [3.05, 3.63) is 0 Å². The summed E-state index contributed by atoms with van der Waals surface area (Å²) in [4.78, 5) is 0. The summed E-state index contributed by atoms with van der Waals surface area (Å²) >= 11 is 1.81. The van der Waals surface area contributed by atoms with Crippen LogP contribution in [-0.2, 0) is 10.0 Å². The molecular weight excluding hydrogens is 268 g/mol. The molecule has 106 valence electrons. The first-order valence-electron chi connectivity index (χ1n) is 6.78. The molecule has 2 aliphatic rings. The maximum atomic E-state index is 12.1. The zero-order valence-corrected chi connectivity index (χ0v) is 12.7. The van der Waals surface area contributed by atoms with Gasteiger partial charge in [0.1, 0.15) is 0 Å². The Morgan fingerprint density at radius 1 is 1.33 bits per heavy atom.